The van der Waals surface area contributed by atoms with Crippen LogP contribution in [0, 0.1) is 35.6 Å². The molecule has 21 valence electrons. The van der Waals surface area contributed by atoms with Gasteiger partial charge in [0.05, 0.1) is 0 Å². The SMILES string of the molecule is [H-].[La].[Li+].[O-2].[O-2].[Zr+4]. The van der Waals surface area contributed by atoms with Gasteiger partial charge in [-0.25, -0.2) is 0 Å². The third-order valence-corrected chi connectivity index (χ3v) is 0. The Morgan fingerprint density at radius 2 is 1.00 bits per heavy atom. The molecule has 0 unspecified atom stereocenters. The molecule has 0 aromatic rings. The zero-order chi connectivity index (χ0) is 0. The molecule has 0 aliphatic rings. The van der Waals surface area contributed by atoms with Crippen LogP contribution in [0.2, 0.25) is 0 Å². The van der Waals surface area contributed by atoms with E-state index in [0.717, 1.165) is 0 Å². The van der Waals surface area contributed by atoms with Gasteiger partial charge in [0.25, 0.3) is 0 Å². The first-order valence-electron chi connectivity index (χ1n) is 0. The third-order valence-electron chi connectivity index (χ3n) is 0. The van der Waals surface area contributed by atoms with Crippen LogP contribution in [0.3, 0.4) is 0 Å². The Balaban J connectivity index is 0. The molecule has 0 aliphatic heterocycles. The minimum absolute atomic E-state index is 0. The molecule has 0 N–H and O–H groups in total. The molecule has 0 bridgehead atoms. The third kappa shape index (κ3) is 20.7. The molecule has 0 rings (SSSR count). The van der Waals surface area contributed by atoms with Crippen molar-refractivity contribution in [2.75, 3.05) is 0 Å². The molecule has 0 spiro atoms. The van der Waals surface area contributed by atoms with Crippen LogP contribution in [0.5, 0.6) is 0 Å². The van der Waals surface area contributed by atoms with E-state index >= 15 is 0 Å². The molecular weight excluding hydrogens is 269 g/mol. The second-order valence-electron chi connectivity index (χ2n) is 0. The van der Waals surface area contributed by atoms with Gasteiger partial charge < -0.3 is 12.4 Å². The first-order chi connectivity index (χ1) is 0. The Hall–Kier alpha value is 2.60. The van der Waals surface area contributed by atoms with Crippen molar-refractivity contribution in [1.29, 1.82) is 0 Å². The van der Waals surface area contributed by atoms with Crippen LogP contribution in [0.1, 0.15) is 1.43 Å². The van der Waals surface area contributed by atoms with Crippen LogP contribution < -0.4 is 18.9 Å². The van der Waals surface area contributed by atoms with E-state index in [1.807, 2.05) is 0 Å². The van der Waals surface area contributed by atoms with Crippen LogP contribution in [-0.4, -0.2) is 0 Å². The van der Waals surface area contributed by atoms with Gasteiger partial charge in [0.15, 0.2) is 0 Å². The molecule has 0 saturated heterocycles. The van der Waals surface area contributed by atoms with Gasteiger partial charge in [0, 0.05) is 35.6 Å². The average Bonchev–Trinajstić information content (AvgIpc) is 0. The van der Waals surface area contributed by atoms with E-state index < -0.39 is 0 Å². The van der Waals surface area contributed by atoms with Crippen molar-refractivity contribution in [2.24, 2.45) is 0 Å². The molecule has 2 nitrogen and oxygen atoms in total. The molecule has 5 heavy (non-hydrogen) atoms. The molecule has 0 fully saturated rings. The first kappa shape index (κ1) is 49.0. The van der Waals surface area contributed by atoms with Crippen LogP contribution in [0.4, 0.5) is 0 Å². The summed E-state index contributed by atoms with van der Waals surface area (Å²) in [6.07, 6.45) is 0. The largest absolute Gasteiger partial charge is 4.00 e. The van der Waals surface area contributed by atoms with Crippen molar-refractivity contribution in [3.8, 4) is 0 Å². The van der Waals surface area contributed by atoms with Crippen molar-refractivity contribution in [3.05, 3.63) is 0 Å². The fraction of sp³-hybridized carbons (Fsp3) is 0. The number of rotatable bonds is 0. The van der Waals surface area contributed by atoms with Crippen molar-refractivity contribution in [3.63, 3.8) is 0 Å². The summed E-state index contributed by atoms with van der Waals surface area (Å²) in [4.78, 5) is 0. The van der Waals surface area contributed by atoms with Crippen LogP contribution in [-0.2, 0) is 37.2 Å². The summed E-state index contributed by atoms with van der Waals surface area (Å²) in [6, 6.07) is 0. The topological polar surface area (TPSA) is 57.0 Å². The maximum absolute atomic E-state index is 0. The van der Waals surface area contributed by atoms with Gasteiger partial charge in [0.1, 0.15) is 0 Å². The minimum atomic E-state index is 0. The number of hydrogen-bond donors (Lipinski definition) is 0. The van der Waals surface area contributed by atoms with Crippen molar-refractivity contribution >= 4 is 0 Å². The summed E-state index contributed by atoms with van der Waals surface area (Å²) in [5.74, 6) is 0. The first-order valence-corrected chi connectivity index (χ1v) is 0. The van der Waals surface area contributed by atoms with Gasteiger partial charge in [-0.1, -0.05) is 0 Å². The van der Waals surface area contributed by atoms with Crippen molar-refractivity contribution in [2.45, 2.75) is 0 Å². The predicted octanol–water partition coefficient (Wildman–Crippen LogP) is -3.12. The van der Waals surface area contributed by atoms with E-state index in [9.17, 15) is 0 Å². The van der Waals surface area contributed by atoms with E-state index in [1.165, 1.54) is 0 Å². The Morgan fingerprint density at radius 1 is 1.00 bits per heavy atom. The average molecular weight is 270 g/mol. The molecule has 1 radical (unpaired) electrons. The zero-order valence-electron chi connectivity index (χ0n) is 3.89. The maximum atomic E-state index is 0. The fourth-order valence-electron chi connectivity index (χ4n) is 0. The predicted molar refractivity (Wildman–Crippen MR) is 2.49 cm³/mol. The van der Waals surface area contributed by atoms with Crippen LogP contribution >= 0.6 is 0 Å². The van der Waals surface area contributed by atoms with Gasteiger partial charge >= 0.3 is 45.1 Å². The summed E-state index contributed by atoms with van der Waals surface area (Å²) in [5.41, 5.74) is 0. The minimum Gasteiger partial charge on any atom is -2.00 e. The molecular formula is HLaLiO2Zr. The molecule has 0 aliphatic carbocycles. The van der Waals surface area contributed by atoms with Crippen LogP contribution in [0.25, 0.3) is 0 Å². The summed E-state index contributed by atoms with van der Waals surface area (Å²) >= 11 is 0. The van der Waals surface area contributed by atoms with E-state index in [4.69, 9.17) is 0 Å². The standard InChI is InChI=1S/La.Li.2O.Zr.H/q;+1;2*-2;+4;-1. The summed E-state index contributed by atoms with van der Waals surface area (Å²) in [7, 11) is 0. The fourth-order valence-corrected chi connectivity index (χ4v) is 0. The molecule has 0 amide bonds. The van der Waals surface area contributed by atoms with E-state index in [1.54, 1.807) is 0 Å². The Labute approximate surface area is 91.5 Å². The second kappa shape index (κ2) is 30.7. The Bertz CT molecular complexity index is 13.5. The van der Waals surface area contributed by atoms with Crippen LogP contribution in [0.15, 0.2) is 0 Å². The van der Waals surface area contributed by atoms with Gasteiger partial charge in [-0.15, -0.1) is 0 Å². The quantitative estimate of drug-likeness (QED) is 0.418. The Kier molecular flexibility index (Phi) is 301. The van der Waals surface area contributed by atoms with Gasteiger partial charge in [-0.05, 0) is 0 Å². The summed E-state index contributed by atoms with van der Waals surface area (Å²) < 4.78 is 0. The zero-order valence-corrected chi connectivity index (χ0v) is 8.98. The van der Waals surface area contributed by atoms with Gasteiger partial charge in [-0.2, -0.15) is 0 Å². The maximum Gasteiger partial charge on any atom is 4.00 e. The van der Waals surface area contributed by atoms with E-state index in [-0.39, 0.29) is 93.0 Å². The summed E-state index contributed by atoms with van der Waals surface area (Å²) in [5, 5.41) is 0. The molecule has 0 atom stereocenters. The number of hydrogen-bond acceptors (Lipinski definition) is 0. The molecule has 0 aromatic heterocycles. The second-order valence-corrected chi connectivity index (χ2v) is 0. The molecule has 5 heteroatoms. The molecule has 0 aromatic carbocycles. The van der Waals surface area contributed by atoms with Crippen molar-refractivity contribution in [1.82, 2.24) is 0 Å². The van der Waals surface area contributed by atoms with Gasteiger partial charge in [0.2, 0.25) is 0 Å². The van der Waals surface area contributed by atoms with E-state index in [2.05, 4.69) is 0 Å². The van der Waals surface area contributed by atoms with Crippen molar-refractivity contribution < 1.29 is 93.0 Å². The normalized spacial score (nSPS) is 0. The smallest absolute Gasteiger partial charge is 2.00 e. The van der Waals surface area contributed by atoms with Gasteiger partial charge in [-0.3, -0.25) is 0 Å². The molecule has 0 heterocycles. The summed E-state index contributed by atoms with van der Waals surface area (Å²) in [6.45, 7) is 0. The Morgan fingerprint density at radius 3 is 1.00 bits per heavy atom. The molecule has 0 saturated carbocycles. The van der Waals surface area contributed by atoms with E-state index in [0.29, 0.717) is 0 Å². The monoisotopic (exact) mass is 269 g/mol.